The van der Waals surface area contributed by atoms with E-state index in [1.54, 1.807) is 13.2 Å². The van der Waals surface area contributed by atoms with Crippen LogP contribution in [-0.4, -0.2) is 31.5 Å². The first-order valence-electron chi connectivity index (χ1n) is 8.19. The van der Waals surface area contributed by atoms with Gasteiger partial charge in [-0.15, -0.1) is 0 Å². The summed E-state index contributed by atoms with van der Waals surface area (Å²) in [5.74, 6) is 1.47. The summed E-state index contributed by atoms with van der Waals surface area (Å²) >= 11 is 0. The van der Waals surface area contributed by atoms with E-state index in [0.717, 1.165) is 16.7 Å². The summed E-state index contributed by atoms with van der Waals surface area (Å²) in [6.07, 6.45) is 0. The molecular formula is C20H22N2O3. The molecule has 1 aromatic heterocycles. The molecule has 0 aliphatic heterocycles. The van der Waals surface area contributed by atoms with Gasteiger partial charge in [0.15, 0.2) is 0 Å². The van der Waals surface area contributed by atoms with Crippen molar-refractivity contribution in [2.45, 2.75) is 13.0 Å². The molecular weight excluding hydrogens is 316 g/mol. The Morgan fingerprint density at radius 3 is 2.76 bits per heavy atom. The van der Waals surface area contributed by atoms with Gasteiger partial charge in [-0.25, -0.2) is 0 Å². The minimum Gasteiger partial charge on any atom is -0.497 e. The second-order valence-electron chi connectivity index (χ2n) is 6.06. The third-order valence-corrected chi connectivity index (χ3v) is 4.26. The quantitative estimate of drug-likeness (QED) is 0.736. The third-order valence-electron chi connectivity index (χ3n) is 4.26. The predicted octanol–water partition coefficient (Wildman–Crippen LogP) is 4.07. The van der Waals surface area contributed by atoms with Crippen LogP contribution < -0.4 is 10.1 Å². The van der Waals surface area contributed by atoms with E-state index in [-0.39, 0.29) is 18.5 Å². The topological polar surface area (TPSA) is 54.7 Å². The fraction of sp³-hybridized carbons (Fsp3) is 0.250. The molecule has 0 saturated carbocycles. The van der Waals surface area contributed by atoms with Gasteiger partial charge in [0.2, 0.25) is 5.91 Å². The summed E-state index contributed by atoms with van der Waals surface area (Å²) in [5.41, 5.74) is 1.58. The standard InChI is InChI=1S/C20H22N2O3/c1-14(19-11-15-7-4-5-10-18(15)25-19)22(2)13-20(23)21-16-8-6-9-17(12-16)24-3/h4-12,14H,13H2,1-3H3,(H,21,23)/t14-/m1/s1. The van der Waals surface area contributed by atoms with E-state index in [9.17, 15) is 4.79 Å². The second-order valence-corrected chi connectivity index (χ2v) is 6.06. The highest BCUT2D eigenvalue weighted by Gasteiger charge is 2.18. The Hall–Kier alpha value is -2.79. The molecule has 130 valence electrons. The van der Waals surface area contributed by atoms with E-state index in [4.69, 9.17) is 9.15 Å². The first kappa shape index (κ1) is 17.0. The average Bonchev–Trinajstić information content (AvgIpc) is 3.05. The van der Waals surface area contributed by atoms with Crippen LogP contribution in [0.5, 0.6) is 5.75 Å². The fourth-order valence-corrected chi connectivity index (χ4v) is 2.69. The molecule has 0 radical (unpaired) electrons. The molecule has 0 fully saturated rings. The van der Waals surface area contributed by atoms with Crippen molar-refractivity contribution in [2.75, 3.05) is 26.0 Å². The molecule has 1 heterocycles. The first-order chi connectivity index (χ1) is 12.1. The molecule has 0 spiro atoms. The molecule has 1 N–H and O–H groups in total. The largest absolute Gasteiger partial charge is 0.497 e. The number of carbonyl (C=O) groups is 1. The number of fused-ring (bicyclic) bond motifs is 1. The summed E-state index contributed by atoms with van der Waals surface area (Å²) in [6, 6.07) is 17.2. The van der Waals surface area contributed by atoms with Crippen LogP contribution in [0.1, 0.15) is 18.7 Å². The zero-order valence-corrected chi connectivity index (χ0v) is 14.7. The number of ether oxygens (including phenoxy) is 1. The molecule has 1 atom stereocenters. The van der Waals surface area contributed by atoms with Crippen molar-refractivity contribution in [1.82, 2.24) is 4.90 Å². The molecule has 0 bridgehead atoms. The van der Waals surface area contributed by atoms with Crippen LogP contribution in [0.4, 0.5) is 5.69 Å². The number of furan rings is 1. The van der Waals surface area contributed by atoms with E-state index < -0.39 is 0 Å². The van der Waals surface area contributed by atoms with Crippen molar-refractivity contribution in [3.8, 4) is 5.75 Å². The number of benzene rings is 2. The molecule has 1 amide bonds. The Kier molecular flexibility index (Phi) is 5.05. The van der Waals surface area contributed by atoms with Crippen molar-refractivity contribution >= 4 is 22.6 Å². The van der Waals surface area contributed by atoms with Gasteiger partial charge in [0.1, 0.15) is 17.1 Å². The fourth-order valence-electron chi connectivity index (χ4n) is 2.69. The van der Waals surface area contributed by atoms with E-state index in [1.807, 2.05) is 67.4 Å². The number of rotatable bonds is 6. The normalized spacial score (nSPS) is 12.3. The third kappa shape index (κ3) is 4.00. The van der Waals surface area contributed by atoms with Crippen molar-refractivity contribution in [3.63, 3.8) is 0 Å². The van der Waals surface area contributed by atoms with Crippen LogP contribution in [0.25, 0.3) is 11.0 Å². The number of hydrogen-bond donors (Lipinski definition) is 1. The smallest absolute Gasteiger partial charge is 0.238 e. The van der Waals surface area contributed by atoms with Gasteiger partial charge in [-0.05, 0) is 38.2 Å². The van der Waals surface area contributed by atoms with Gasteiger partial charge in [0, 0.05) is 17.1 Å². The van der Waals surface area contributed by atoms with Gasteiger partial charge in [-0.3, -0.25) is 9.69 Å². The summed E-state index contributed by atoms with van der Waals surface area (Å²) in [7, 11) is 3.51. The molecule has 3 rings (SSSR count). The lowest BCUT2D eigenvalue weighted by Gasteiger charge is -2.22. The second kappa shape index (κ2) is 7.40. The molecule has 2 aromatic carbocycles. The van der Waals surface area contributed by atoms with E-state index in [1.165, 1.54) is 0 Å². The Morgan fingerprint density at radius 2 is 2.00 bits per heavy atom. The Morgan fingerprint density at radius 1 is 1.20 bits per heavy atom. The Balaban J connectivity index is 1.63. The highest BCUT2D eigenvalue weighted by molar-refractivity contribution is 5.92. The maximum Gasteiger partial charge on any atom is 0.238 e. The van der Waals surface area contributed by atoms with Gasteiger partial charge in [-0.2, -0.15) is 0 Å². The van der Waals surface area contributed by atoms with Crippen LogP contribution in [0.3, 0.4) is 0 Å². The lowest BCUT2D eigenvalue weighted by molar-refractivity contribution is -0.117. The lowest BCUT2D eigenvalue weighted by atomic mass is 10.2. The summed E-state index contributed by atoms with van der Waals surface area (Å²) in [5, 5.41) is 3.96. The predicted molar refractivity (Wildman–Crippen MR) is 98.9 cm³/mol. The monoisotopic (exact) mass is 338 g/mol. The minimum atomic E-state index is -0.0845. The first-order valence-corrected chi connectivity index (χ1v) is 8.19. The minimum absolute atomic E-state index is 0.0107. The van der Waals surface area contributed by atoms with Crippen molar-refractivity contribution < 1.29 is 13.9 Å². The molecule has 3 aromatic rings. The number of methoxy groups -OCH3 is 1. The molecule has 0 unspecified atom stereocenters. The highest BCUT2D eigenvalue weighted by Crippen LogP contribution is 2.26. The van der Waals surface area contributed by atoms with Gasteiger partial charge in [0.25, 0.3) is 0 Å². The maximum atomic E-state index is 12.3. The average molecular weight is 338 g/mol. The summed E-state index contributed by atoms with van der Waals surface area (Å²) in [4.78, 5) is 14.3. The summed E-state index contributed by atoms with van der Waals surface area (Å²) in [6.45, 7) is 2.28. The molecule has 25 heavy (non-hydrogen) atoms. The number of likely N-dealkylation sites (N-methyl/N-ethyl adjacent to an activating group) is 1. The molecule has 0 saturated heterocycles. The number of para-hydroxylation sites is 1. The maximum absolute atomic E-state index is 12.3. The number of anilines is 1. The van der Waals surface area contributed by atoms with Crippen molar-refractivity contribution in [2.24, 2.45) is 0 Å². The Labute approximate surface area is 147 Å². The van der Waals surface area contributed by atoms with E-state index in [0.29, 0.717) is 11.4 Å². The number of nitrogens with one attached hydrogen (secondary N) is 1. The van der Waals surface area contributed by atoms with Gasteiger partial charge in [-0.1, -0.05) is 24.3 Å². The molecule has 5 nitrogen and oxygen atoms in total. The zero-order chi connectivity index (χ0) is 17.8. The van der Waals surface area contributed by atoms with Gasteiger partial charge < -0.3 is 14.5 Å². The van der Waals surface area contributed by atoms with Crippen LogP contribution in [0.15, 0.2) is 59.0 Å². The molecule has 0 aliphatic rings. The van der Waals surface area contributed by atoms with Crippen LogP contribution in [0, 0.1) is 0 Å². The van der Waals surface area contributed by atoms with Gasteiger partial charge >= 0.3 is 0 Å². The number of amides is 1. The van der Waals surface area contributed by atoms with E-state index in [2.05, 4.69) is 5.32 Å². The number of carbonyl (C=O) groups excluding carboxylic acids is 1. The van der Waals surface area contributed by atoms with Crippen molar-refractivity contribution in [1.29, 1.82) is 0 Å². The SMILES string of the molecule is COc1cccc(NC(=O)CN(C)[C@H](C)c2cc3ccccc3o2)c1. The molecule has 0 aliphatic carbocycles. The van der Waals surface area contributed by atoms with Gasteiger partial charge in [0.05, 0.1) is 19.7 Å². The zero-order valence-electron chi connectivity index (χ0n) is 14.7. The lowest BCUT2D eigenvalue weighted by Crippen LogP contribution is -2.32. The van der Waals surface area contributed by atoms with Crippen LogP contribution >= 0.6 is 0 Å². The highest BCUT2D eigenvalue weighted by atomic mass is 16.5. The molecule has 5 heteroatoms. The number of hydrogen-bond acceptors (Lipinski definition) is 4. The Bertz CT molecular complexity index is 839. The van der Waals surface area contributed by atoms with Crippen LogP contribution in [-0.2, 0) is 4.79 Å². The van der Waals surface area contributed by atoms with E-state index >= 15 is 0 Å². The summed E-state index contributed by atoms with van der Waals surface area (Å²) < 4.78 is 11.1. The number of nitrogens with zero attached hydrogens (tertiary/aromatic N) is 1. The van der Waals surface area contributed by atoms with Crippen LogP contribution in [0.2, 0.25) is 0 Å². The van der Waals surface area contributed by atoms with Crippen molar-refractivity contribution in [3.05, 3.63) is 60.4 Å².